The number of hydrogen-bond donors (Lipinski definition) is 0. The van der Waals surface area contributed by atoms with E-state index >= 15 is 0 Å². The molecule has 0 saturated heterocycles. The fourth-order valence-corrected chi connectivity index (χ4v) is 3.91. The Morgan fingerprint density at radius 2 is 0.605 bits per heavy atom. The third-order valence-electron chi connectivity index (χ3n) is 4.21. The molecule has 0 amide bonds. The normalized spacial score (nSPS) is 9.05. The molecule has 0 heterocycles. The Kier molecular flexibility index (Phi) is 19.7. The summed E-state index contributed by atoms with van der Waals surface area (Å²) in [6.07, 6.45) is 0. The van der Waals surface area contributed by atoms with Gasteiger partial charge < -0.3 is 13.6 Å². The van der Waals surface area contributed by atoms with Crippen LogP contribution in [0.25, 0.3) is 0 Å². The van der Waals surface area contributed by atoms with Crippen LogP contribution >= 0.6 is 7.82 Å². The molecule has 0 unspecified atom stereocenters. The van der Waals surface area contributed by atoms with E-state index in [0.29, 0.717) is 17.2 Å². The van der Waals surface area contributed by atoms with Gasteiger partial charge in [0.1, 0.15) is 0 Å². The molecule has 0 N–H and O–H groups in total. The summed E-state index contributed by atoms with van der Waals surface area (Å²) in [4.78, 5) is 0. The van der Waals surface area contributed by atoms with Gasteiger partial charge in [-0.15, -0.1) is 36.4 Å². The molecular formula is C30H27Fe3O4P. The Labute approximate surface area is 256 Å². The molecule has 0 atom stereocenters. The maximum atomic E-state index is 12.7. The fraction of sp³-hybridized carbons (Fsp3) is 0. The number of rotatable bonds is 6. The first-order valence-corrected chi connectivity index (χ1v) is 12.5. The Hall–Kier alpha value is -2.71. The molecule has 0 aliphatic carbocycles. The molecule has 0 spiro atoms. The van der Waals surface area contributed by atoms with Crippen molar-refractivity contribution < 1.29 is 69.3 Å². The van der Waals surface area contributed by atoms with Crippen molar-refractivity contribution in [2.75, 3.05) is 0 Å². The summed E-state index contributed by atoms with van der Waals surface area (Å²) < 4.78 is 28.9. The second-order valence-corrected chi connectivity index (χ2v) is 8.41. The summed E-state index contributed by atoms with van der Waals surface area (Å²) in [5.41, 5.74) is 0. The molecular weight excluding hydrogens is 623 g/mol. The van der Waals surface area contributed by atoms with Gasteiger partial charge >= 0.3 is 59.0 Å². The van der Waals surface area contributed by atoms with Crippen molar-refractivity contribution in [3.8, 4) is 17.2 Å². The maximum absolute atomic E-state index is 12.7. The van der Waals surface area contributed by atoms with Gasteiger partial charge in [0, 0.05) is 17.2 Å². The first kappa shape index (κ1) is 35.3. The van der Waals surface area contributed by atoms with E-state index in [1.54, 1.807) is 72.8 Å². The van der Waals surface area contributed by atoms with E-state index in [2.05, 4.69) is 0 Å². The molecule has 0 fully saturated rings. The molecule has 0 radical (unpaired) electrons. The van der Waals surface area contributed by atoms with E-state index in [1.165, 1.54) is 0 Å². The van der Waals surface area contributed by atoms with Gasteiger partial charge in [-0.25, -0.2) is 72.8 Å². The van der Waals surface area contributed by atoms with Gasteiger partial charge in [0.15, 0.2) is 0 Å². The predicted octanol–water partition coefficient (Wildman–Crippen LogP) is 8.70. The summed E-state index contributed by atoms with van der Waals surface area (Å²) in [6, 6.07) is 50.8. The molecule has 8 heteroatoms. The predicted molar refractivity (Wildman–Crippen MR) is 142 cm³/mol. The molecule has 4 nitrogen and oxygen atoms in total. The van der Waals surface area contributed by atoms with Crippen molar-refractivity contribution in [3.63, 3.8) is 0 Å². The second-order valence-electron chi connectivity index (χ2n) is 6.97. The van der Waals surface area contributed by atoms with Crippen molar-refractivity contribution >= 4 is 7.82 Å². The van der Waals surface area contributed by atoms with Crippen LogP contribution in [-0.4, -0.2) is 0 Å². The van der Waals surface area contributed by atoms with Crippen LogP contribution in [0.5, 0.6) is 17.2 Å². The molecule has 0 aromatic heterocycles. The molecule has 6 aromatic carbocycles. The molecule has 6 aromatic rings. The third kappa shape index (κ3) is 14.9. The first-order chi connectivity index (χ1) is 17.2. The monoisotopic (exact) mass is 650 g/mol. The van der Waals surface area contributed by atoms with E-state index in [1.807, 2.05) is 91.0 Å². The quantitative estimate of drug-likeness (QED) is 0.103. The van der Waals surface area contributed by atoms with E-state index in [9.17, 15) is 4.57 Å². The molecule has 0 saturated carbocycles. The van der Waals surface area contributed by atoms with Crippen molar-refractivity contribution in [3.05, 3.63) is 164 Å². The standard InChI is InChI=1S/C15H12O4P.3C5H5.3Fe/c16-20(17-13-7-1-2-8-13,18-14-9-3-4-10-14)19-15-11-5-6-12-15;3*1-2-4-5-3-1;;;/h1-12H;3*1-5H;;;/q-3;3*-1;3*+2. The summed E-state index contributed by atoms with van der Waals surface area (Å²) in [5.74, 6) is 1.31. The van der Waals surface area contributed by atoms with Crippen LogP contribution in [0.2, 0.25) is 0 Å². The van der Waals surface area contributed by atoms with Crippen LogP contribution in [0.1, 0.15) is 0 Å². The van der Waals surface area contributed by atoms with Gasteiger partial charge in [0.25, 0.3) is 0 Å². The summed E-state index contributed by atoms with van der Waals surface area (Å²) in [7, 11) is -3.79. The minimum absolute atomic E-state index is 0. The average molecular weight is 650 g/mol. The van der Waals surface area contributed by atoms with Crippen molar-refractivity contribution in [2.24, 2.45) is 0 Å². The van der Waals surface area contributed by atoms with Crippen LogP contribution in [0.4, 0.5) is 0 Å². The van der Waals surface area contributed by atoms with Crippen LogP contribution in [0, 0.1) is 0 Å². The van der Waals surface area contributed by atoms with Crippen molar-refractivity contribution in [2.45, 2.75) is 0 Å². The number of phosphoric ester groups is 1. The molecule has 0 aliphatic rings. The smallest absolute Gasteiger partial charge is 0.451 e. The third-order valence-corrected chi connectivity index (χ3v) is 5.52. The van der Waals surface area contributed by atoms with Gasteiger partial charge in [-0.2, -0.15) is 59.2 Å². The number of phosphoric acid groups is 1. The van der Waals surface area contributed by atoms with Crippen LogP contribution in [0.3, 0.4) is 0 Å². The average Bonchev–Trinajstić information content (AvgIpc) is 3.73. The van der Waals surface area contributed by atoms with Crippen LogP contribution in [0.15, 0.2) is 164 Å². The summed E-state index contributed by atoms with van der Waals surface area (Å²) in [6.45, 7) is 0. The minimum atomic E-state index is -3.79. The molecule has 38 heavy (non-hydrogen) atoms. The van der Waals surface area contributed by atoms with Gasteiger partial charge in [0.05, 0.1) is 0 Å². The van der Waals surface area contributed by atoms with E-state index in [-0.39, 0.29) is 51.2 Å². The molecule has 6 rings (SSSR count). The first-order valence-electron chi connectivity index (χ1n) is 11.1. The zero-order valence-electron chi connectivity index (χ0n) is 20.2. The van der Waals surface area contributed by atoms with Gasteiger partial charge in [-0.1, -0.05) is 0 Å². The zero-order valence-corrected chi connectivity index (χ0v) is 24.4. The van der Waals surface area contributed by atoms with E-state index in [0.717, 1.165) is 0 Å². The van der Waals surface area contributed by atoms with E-state index < -0.39 is 7.82 Å². The largest absolute Gasteiger partial charge is 2.00 e. The maximum Gasteiger partial charge on any atom is 2.00 e. The zero-order chi connectivity index (χ0) is 24.4. The minimum Gasteiger partial charge on any atom is -0.451 e. The SMILES string of the molecule is O=P(O[c-]1cccc1)(O[c-]1cccc1)O[c-]1cccc1.[Fe+2].[Fe+2].[Fe+2].c1cc[cH-]c1.c1cc[cH-]c1.c1cc[cH-]c1. The molecule has 0 bridgehead atoms. The van der Waals surface area contributed by atoms with Crippen molar-refractivity contribution in [1.29, 1.82) is 0 Å². The van der Waals surface area contributed by atoms with Gasteiger partial charge in [-0.3, -0.25) is 0 Å². The summed E-state index contributed by atoms with van der Waals surface area (Å²) >= 11 is 0. The Morgan fingerprint density at radius 1 is 0.395 bits per heavy atom. The van der Waals surface area contributed by atoms with E-state index in [4.69, 9.17) is 13.6 Å². The van der Waals surface area contributed by atoms with Gasteiger partial charge in [-0.05, 0) is 0 Å². The Bertz CT molecular complexity index is 1020. The Morgan fingerprint density at radius 3 is 0.763 bits per heavy atom. The van der Waals surface area contributed by atoms with Crippen LogP contribution < -0.4 is 13.6 Å². The van der Waals surface area contributed by atoms with Gasteiger partial charge in [0.2, 0.25) is 0 Å². The topological polar surface area (TPSA) is 44.8 Å². The second kappa shape index (κ2) is 21.2. The Balaban J connectivity index is 0.000000620. The summed E-state index contributed by atoms with van der Waals surface area (Å²) in [5, 5.41) is 0. The van der Waals surface area contributed by atoms with Crippen LogP contribution in [-0.2, 0) is 55.8 Å². The fourth-order valence-electron chi connectivity index (χ4n) is 2.66. The van der Waals surface area contributed by atoms with Crippen molar-refractivity contribution in [1.82, 2.24) is 0 Å². The molecule has 200 valence electrons. The number of hydrogen-bond acceptors (Lipinski definition) is 4. The molecule has 0 aliphatic heterocycles.